The highest BCUT2D eigenvalue weighted by Gasteiger charge is 2.26. The summed E-state index contributed by atoms with van der Waals surface area (Å²) in [5.74, 6) is 0.243. The minimum Gasteiger partial charge on any atom is -0.296 e. The number of piperazine rings is 1. The van der Waals surface area contributed by atoms with E-state index in [0.717, 1.165) is 37.3 Å². The second kappa shape index (κ2) is 6.06. The SMILES string of the molecule is Cc1ccccc1C(=O)CN1CCN(C(C)(C)C)CC1. The number of carbonyl (C=O) groups is 1. The topological polar surface area (TPSA) is 23.6 Å². The quantitative estimate of drug-likeness (QED) is 0.792. The number of ketones is 1. The minimum absolute atomic E-state index is 0.228. The zero-order chi connectivity index (χ0) is 14.8. The van der Waals surface area contributed by atoms with Crippen LogP contribution in [0, 0.1) is 6.92 Å². The molecule has 1 aliphatic rings. The molecular formula is C17H26N2O. The van der Waals surface area contributed by atoms with E-state index in [4.69, 9.17) is 0 Å². The highest BCUT2D eigenvalue weighted by Crippen LogP contribution is 2.16. The Hall–Kier alpha value is -1.19. The first kappa shape index (κ1) is 15.2. The maximum Gasteiger partial charge on any atom is 0.177 e. The maximum atomic E-state index is 12.4. The van der Waals surface area contributed by atoms with Crippen molar-refractivity contribution in [3.63, 3.8) is 0 Å². The van der Waals surface area contributed by atoms with Gasteiger partial charge in [0, 0.05) is 37.3 Å². The fourth-order valence-corrected chi connectivity index (χ4v) is 2.75. The van der Waals surface area contributed by atoms with Crippen molar-refractivity contribution in [2.45, 2.75) is 33.2 Å². The number of nitrogens with zero attached hydrogens (tertiary/aromatic N) is 2. The van der Waals surface area contributed by atoms with E-state index < -0.39 is 0 Å². The van der Waals surface area contributed by atoms with Crippen molar-refractivity contribution in [1.29, 1.82) is 0 Å². The number of benzene rings is 1. The van der Waals surface area contributed by atoms with E-state index in [2.05, 4.69) is 30.6 Å². The molecule has 1 heterocycles. The number of carbonyl (C=O) groups excluding carboxylic acids is 1. The summed E-state index contributed by atoms with van der Waals surface area (Å²) >= 11 is 0. The Morgan fingerprint density at radius 3 is 2.25 bits per heavy atom. The molecule has 0 saturated carbocycles. The molecule has 0 aromatic heterocycles. The zero-order valence-corrected chi connectivity index (χ0v) is 13.1. The molecule has 0 aliphatic carbocycles. The van der Waals surface area contributed by atoms with Crippen LogP contribution < -0.4 is 0 Å². The van der Waals surface area contributed by atoms with E-state index in [1.807, 2.05) is 31.2 Å². The standard InChI is InChI=1S/C17H26N2O/c1-14-7-5-6-8-15(14)16(20)13-18-9-11-19(12-10-18)17(2,3)4/h5-8H,9-13H2,1-4H3. The molecular weight excluding hydrogens is 248 g/mol. The van der Waals surface area contributed by atoms with Crippen molar-refractivity contribution in [2.75, 3.05) is 32.7 Å². The molecule has 0 amide bonds. The number of Topliss-reactive ketones (excluding diaryl/α,β-unsaturated/α-hetero) is 1. The first-order chi connectivity index (χ1) is 9.38. The van der Waals surface area contributed by atoms with Gasteiger partial charge < -0.3 is 0 Å². The van der Waals surface area contributed by atoms with Crippen molar-refractivity contribution in [3.8, 4) is 0 Å². The van der Waals surface area contributed by atoms with Crippen molar-refractivity contribution in [3.05, 3.63) is 35.4 Å². The molecule has 1 aromatic carbocycles. The van der Waals surface area contributed by atoms with Crippen LogP contribution in [-0.2, 0) is 0 Å². The number of aryl methyl sites for hydroxylation is 1. The van der Waals surface area contributed by atoms with Gasteiger partial charge in [0.25, 0.3) is 0 Å². The molecule has 3 nitrogen and oxygen atoms in total. The molecule has 0 unspecified atom stereocenters. The summed E-state index contributed by atoms with van der Waals surface area (Å²) in [6.07, 6.45) is 0. The average Bonchev–Trinajstić information content (AvgIpc) is 2.38. The Morgan fingerprint density at radius 1 is 1.10 bits per heavy atom. The van der Waals surface area contributed by atoms with Crippen molar-refractivity contribution < 1.29 is 4.79 Å². The van der Waals surface area contributed by atoms with Gasteiger partial charge >= 0.3 is 0 Å². The summed E-state index contributed by atoms with van der Waals surface area (Å²) in [7, 11) is 0. The Balaban J connectivity index is 1.90. The average molecular weight is 274 g/mol. The predicted molar refractivity (Wildman–Crippen MR) is 83.3 cm³/mol. The molecule has 2 rings (SSSR count). The number of hydrogen-bond donors (Lipinski definition) is 0. The van der Waals surface area contributed by atoms with Gasteiger partial charge in [0.2, 0.25) is 0 Å². The van der Waals surface area contributed by atoms with E-state index in [1.165, 1.54) is 0 Å². The Kier molecular flexibility index (Phi) is 4.61. The van der Waals surface area contributed by atoms with Gasteiger partial charge in [-0.15, -0.1) is 0 Å². The minimum atomic E-state index is 0.228. The van der Waals surface area contributed by atoms with Gasteiger partial charge in [-0.3, -0.25) is 14.6 Å². The van der Waals surface area contributed by atoms with Crippen molar-refractivity contribution in [2.24, 2.45) is 0 Å². The molecule has 20 heavy (non-hydrogen) atoms. The first-order valence-electron chi connectivity index (χ1n) is 7.44. The van der Waals surface area contributed by atoms with Crippen LogP contribution in [0.25, 0.3) is 0 Å². The molecule has 3 heteroatoms. The molecule has 1 saturated heterocycles. The van der Waals surface area contributed by atoms with Gasteiger partial charge in [0.1, 0.15) is 0 Å². The van der Waals surface area contributed by atoms with Crippen LogP contribution >= 0.6 is 0 Å². The largest absolute Gasteiger partial charge is 0.296 e. The van der Waals surface area contributed by atoms with Gasteiger partial charge in [-0.1, -0.05) is 24.3 Å². The summed E-state index contributed by atoms with van der Waals surface area (Å²) in [6, 6.07) is 7.86. The molecule has 0 bridgehead atoms. The van der Waals surface area contributed by atoms with Crippen LogP contribution in [0.1, 0.15) is 36.7 Å². The van der Waals surface area contributed by atoms with E-state index >= 15 is 0 Å². The van der Waals surface area contributed by atoms with Crippen LogP contribution in [0.5, 0.6) is 0 Å². The molecule has 1 fully saturated rings. The van der Waals surface area contributed by atoms with Crippen LogP contribution in [-0.4, -0.2) is 53.8 Å². The second-order valence-corrected chi connectivity index (χ2v) is 6.67. The fourth-order valence-electron chi connectivity index (χ4n) is 2.75. The van der Waals surface area contributed by atoms with E-state index in [-0.39, 0.29) is 11.3 Å². The van der Waals surface area contributed by atoms with Crippen molar-refractivity contribution >= 4 is 5.78 Å². The Bertz CT molecular complexity index is 468. The lowest BCUT2D eigenvalue weighted by molar-refractivity contribution is 0.0579. The third kappa shape index (κ3) is 3.68. The molecule has 110 valence electrons. The van der Waals surface area contributed by atoms with Gasteiger partial charge in [0.05, 0.1) is 6.54 Å². The summed E-state index contributed by atoms with van der Waals surface area (Å²) in [4.78, 5) is 17.1. The molecule has 0 N–H and O–H groups in total. The number of rotatable bonds is 3. The normalized spacial score (nSPS) is 18.2. The Labute approximate surface area is 122 Å². The fraction of sp³-hybridized carbons (Fsp3) is 0.588. The van der Waals surface area contributed by atoms with Crippen LogP contribution in [0.15, 0.2) is 24.3 Å². The molecule has 1 aromatic rings. The van der Waals surface area contributed by atoms with Gasteiger partial charge in [-0.25, -0.2) is 0 Å². The summed E-state index contributed by atoms with van der Waals surface area (Å²) in [5, 5.41) is 0. The summed E-state index contributed by atoms with van der Waals surface area (Å²) in [6.45, 7) is 13.4. The predicted octanol–water partition coefficient (Wildman–Crippen LogP) is 2.59. The molecule has 0 spiro atoms. The maximum absolute atomic E-state index is 12.4. The van der Waals surface area contributed by atoms with E-state index in [1.54, 1.807) is 0 Å². The highest BCUT2D eigenvalue weighted by atomic mass is 16.1. The van der Waals surface area contributed by atoms with E-state index in [9.17, 15) is 4.79 Å². The number of hydrogen-bond acceptors (Lipinski definition) is 3. The smallest absolute Gasteiger partial charge is 0.177 e. The van der Waals surface area contributed by atoms with Crippen LogP contribution in [0.3, 0.4) is 0 Å². The third-order valence-corrected chi connectivity index (χ3v) is 4.13. The van der Waals surface area contributed by atoms with Gasteiger partial charge in [-0.2, -0.15) is 0 Å². The van der Waals surface area contributed by atoms with Crippen LogP contribution in [0.2, 0.25) is 0 Å². The van der Waals surface area contributed by atoms with Gasteiger partial charge in [0.15, 0.2) is 5.78 Å². The Morgan fingerprint density at radius 2 is 1.70 bits per heavy atom. The molecule has 0 atom stereocenters. The first-order valence-corrected chi connectivity index (χ1v) is 7.44. The monoisotopic (exact) mass is 274 g/mol. The lowest BCUT2D eigenvalue weighted by Crippen LogP contribution is -2.54. The highest BCUT2D eigenvalue weighted by molar-refractivity contribution is 5.98. The lowest BCUT2D eigenvalue weighted by Gasteiger charge is -2.42. The van der Waals surface area contributed by atoms with Crippen molar-refractivity contribution in [1.82, 2.24) is 9.80 Å². The lowest BCUT2D eigenvalue weighted by atomic mass is 10.0. The van der Waals surface area contributed by atoms with Crippen LogP contribution in [0.4, 0.5) is 0 Å². The second-order valence-electron chi connectivity index (χ2n) is 6.67. The molecule has 0 radical (unpaired) electrons. The summed E-state index contributed by atoms with van der Waals surface area (Å²) in [5.41, 5.74) is 2.17. The van der Waals surface area contributed by atoms with Gasteiger partial charge in [-0.05, 0) is 33.3 Å². The molecule has 1 aliphatic heterocycles. The third-order valence-electron chi connectivity index (χ3n) is 4.13. The summed E-state index contributed by atoms with van der Waals surface area (Å²) < 4.78 is 0. The zero-order valence-electron chi connectivity index (χ0n) is 13.1. The van der Waals surface area contributed by atoms with E-state index in [0.29, 0.717) is 6.54 Å².